The number of piperidine rings is 1. The minimum absolute atomic E-state index is 0.0778. The molecule has 2 aromatic carbocycles. The zero-order chi connectivity index (χ0) is 22.0. The molecule has 1 N–H and O–H groups in total. The Kier molecular flexibility index (Phi) is 6.17. The fraction of sp³-hybridized carbons (Fsp3) is 0.318. The van der Waals surface area contributed by atoms with E-state index in [1.165, 1.54) is 15.6 Å². The third-order valence-corrected chi connectivity index (χ3v) is 8.50. The number of sulfonamides is 1. The van der Waals surface area contributed by atoms with Gasteiger partial charge in [-0.15, -0.1) is 10.2 Å². The molecule has 0 spiro atoms. The minimum Gasteiger partial charge on any atom is -0.320 e. The van der Waals surface area contributed by atoms with Crippen molar-refractivity contribution in [3.63, 3.8) is 0 Å². The maximum Gasteiger partial charge on any atom is 0.286 e. The van der Waals surface area contributed by atoms with Gasteiger partial charge in [0, 0.05) is 24.7 Å². The van der Waals surface area contributed by atoms with Crippen LogP contribution in [-0.4, -0.2) is 41.9 Å². The zero-order valence-corrected chi connectivity index (χ0v) is 19.0. The number of aromatic nitrogens is 2. The highest BCUT2D eigenvalue weighted by atomic mass is 32.2. The monoisotopic (exact) mass is 456 g/mol. The van der Waals surface area contributed by atoms with Gasteiger partial charge in [-0.05, 0) is 50.5 Å². The van der Waals surface area contributed by atoms with Crippen molar-refractivity contribution in [1.82, 2.24) is 14.5 Å². The second-order valence-corrected chi connectivity index (χ2v) is 10.6. The average Bonchev–Trinajstić information content (AvgIpc) is 3.26. The van der Waals surface area contributed by atoms with Gasteiger partial charge in [0.05, 0.1) is 4.90 Å². The molecule has 1 aliphatic rings. The lowest BCUT2D eigenvalue weighted by atomic mass is 10.0. The number of hydrogen-bond acceptors (Lipinski definition) is 6. The Morgan fingerprint density at radius 3 is 2.58 bits per heavy atom. The van der Waals surface area contributed by atoms with Gasteiger partial charge in [0.15, 0.2) is 0 Å². The Bertz CT molecular complexity index is 1190. The molecule has 0 bridgehead atoms. The van der Waals surface area contributed by atoms with Crippen LogP contribution >= 0.6 is 11.3 Å². The Hall–Kier alpha value is -2.62. The summed E-state index contributed by atoms with van der Waals surface area (Å²) in [6, 6.07) is 14.5. The van der Waals surface area contributed by atoms with E-state index in [2.05, 4.69) is 15.5 Å². The fourth-order valence-corrected chi connectivity index (χ4v) is 6.27. The summed E-state index contributed by atoms with van der Waals surface area (Å²) in [6.45, 7) is 4.60. The first-order valence-electron chi connectivity index (χ1n) is 10.1. The van der Waals surface area contributed by atoms with Gasteiger partial charge in [0.1, 0.15) is 5.01 Å². The van der Waals surface area contributed by atoms with Crippen molar-refractivity contribution in [1.29, 1.82) is 0 Å². The lowest BCUT2D eigenvalue weighted by molar-refractivity contribution is 0.102. The SMILES string of the molecule is Cc1ccc(NC(=O)c2nnc(C3CCCN(S(=O)(=O)c4ccccc4C)C3)s2)cc1. The first-order chi connectivity index (χ1) is 14.8. The number of hydrogen-bond donors (Lipinski definition) is 1. The van der Waals surface area contributed by atoms with E-state index in [0.717, 1.165) is 24.0 Å². The normalized spacial score (nSPS) is 17.4. The van der Waals surface area contributed by atoms with Crippen LogP contribution in [0, 0.1) is 13.8 Å². The number of benzene rings is 2. The highest BCUT2D eigenvalue weighted by Crippen LogP contribution is 2.32. The predicted octanol–water partition coefficient (Wildman–Crippen LogP) is 3.98. The highest BCUT2D eigenvalue weighted by Gasteiger charge is 2.33. The van der Waals surface area contributed by atoms with E-state index in [1.54, 1.807) is 25.1 Å². The largest absolute Gasteiger partial charge is 0.320 e. The van der Waals surface area contributed by atoms with Gasteiger partial charge in [-0.2, -0.15) is 4.31 Å². The quantitative estimate of drug-likeness (QED) is 0.627. The maximum absolute atomic E-state index is 13.2. The van der Waals surface area contributed by atoms with Gasteiger partial charge < -0.3 is 5.32 Å². The van der Waals surface area contributed by atoms with Crippen molar-refractivity contribution < 1.29 is 13.2 Å². The molecule has 9 heteroatoms. The molecule has 4 rings (SSSR count). The topological polar surface area (TPSA) is 92.3 Å². The molecule has 1 atom stereocenters. The van der Waals surface area contributed by atoms with Gasteiger partial charge >= 0.3 is 0 Å². The van der Waals surface area contributed by atoms with E-state index in [9.17, 15) is 13.2 Å². The molecule has 1 amide bonds. The summed E-state index contributed by atoms with van der Waals surface area (Å²) in [5.41, 5.74) is 2.54. The number of carbonyl (C=O) groups excluding carboxylic acids is 1. The second-order valence-electron chi connectivity index (χ2n) is 7.73. The second kappa shape index (κ2) is 8.86. The van der Waals surface area contributed by atoms with Gasteiger partial charge in [0.25, 0.3) is 5.91 Å². The first kappa shape index (κ1) is 21.6. The van der Waals surface area contributed by atoms with Crippen LogP contribution in [0.15, 0.2) is 53.4 Å². The fourth-order valence-electron chi connectivity index (χ4n) is 3.66. The summed E-state index contributed by atoms with van der Waals surface area (Å²) >= 11 is 1.23. The van der Waals surface area contributed by atoms with Crippen molar-refractivity contribution >= 4 is 33.0 Å². The van der Waals surface area contributed by atoms with Crippen molar-refractivity contribution in [3.05, 3.63) is 69.7 Å². The van der Waals surface area contributed by atoms with Crippen LogP contribution in [0.1, 0.15) is 44.7 Å². The minimum atomic E-state index is -3.58. The summed E-state index contributed by atoms with van der Waals surface area (Å²) in [4.78, 5) is 12.9. The number of carbonyl (C=O) groups is 1. The van der Waals surface area contributed by atoms with Crippen LogP contribution in [0.5, 0.6) is 0 Å². The molecule has 1 saturated heterocycles. The highest BCUT2D eigenvalue weighted by molar-refractivity contribution is 7.89. The molecule has 0 saturated carbocycles. The number of anilines is 1. The molecule has 1 aliphatic heterocycles. The van der Waals surface area contributed by atoms with Gasteiger partial charge in [0.2, 0.25) is 15.0 Å². The molecular formula is C22H24N4O3S2. The van der Waals surface area contributed by atoms with Crippen LogP contribution in [0.3, 0.4) is 0 Å². The lowest BCUT2D eigenvalue weighted by Crippen LogP contribution is -2.39. The van der Waals surface area contributed by atoms with Gasteiger partial charge in [-0.3, -0.25) is 4.79 Å². The van der Waals surface area contributed by atoms with Crippen molar-refractivity contribution in [2.75, 3.05) is 18.4 Å². The average molecular weight is 457 g/mol. The number of rotatable bonds is 5. The Balaban J connectivity index is 1.48. The van der Waals surface area contributed by atoms with Crippen LogP contribution in [-0.2, 0) is 10.0 Å². The van der Waals surface area contributed by atoms with E-state index in [-0.39, 0.29) is 16.8 Å². The van der Waals surface area contributed by atoms with E-state index in [1.807, 2.05) is 37.3 Å². The zero-order valence-electron chi connectivity index (χ0n) is 17.4. The molecular weight excluding hydrogens is 432 g/mol. The summed E-state index contributed by atoms with van der Waals surface area (Å²) in [5, 5.41) is 12.1. The molecule has 162 valence electrons. The Labute approximate surface area is 186 Å². The number of nitrogens with zero attached hydrogens (tertiary/aromatic N) is 3. The van der Waals surface area contributed by atoms with Crippen molar-refractivity contribution in [2.45, 2.75) is 37.5 Å². The summed E-state index contributed by atoms with van der Waals surface area (Å²) in [6.07, 6.45) is 1.55. The molecule has 1 unspecified atom stereocenters. The summed E-state index contributed by atoms with van der Waals surface area (Å²) in [5.74, 6) is -0.390. The van der Waals surface area contributed by atoms with Crippen LogP contribution in [0.2, 0.25) is 0 Å². The number of amides is 1. The molecule has 0 aliphatic carbocycles. The van der Waals surface area contributed by atoms with E-state index < -0.39 is 10.0 Å². The molecule has 3 aromatic rings. The van der Waals surface area contributed by atoms with Gasteiger partial charge in [-0.25, -0.2) is 8.42 Å². The first-order valence-corrected chi connectivity index (χ1v) is 12.4. The Morgan fingerprint density at radius 2 is 1.84 bits per heavy atom. The van der Waals surface area contributed by atoms with Crippen LogP contribution in [0.4, 0.5) is 5.69 Å². The third-order valence-electron chi connectivity index (χ3n) is 5.39. The summed E-state index contributed by atoms with van der Waals surface area (Å²) < 4.78 is 27.8. The lowest BCUT2D eigenvalue weighted by Gasteiger charge is -2.31. The molecule has 1 fully saturated rings. The van der Waals surface area contributed by atoms with E-state index >= 15 is 0 Å². The van der Waals surface area contributed by atoms with Gasteiger partial charge in [-0.1, -0.05) is 47.2 Å². The Morgan fingerprint density at radius 1 is 1.10 bits per heavy atom. The number of aryl methyl sites for hydroxylation is 2. The van der Waals surface area contributed by atoms with Crippen LogP contribution in [0.25, 0.3) is 0 Å². The maximum atomic E-state index is 13.2. The third kappa shape index (κ3) is 4.68. The van der Waals surface area contributed by atoms with Crippen LogP contribution < -0.4 is 5.32 Å². The molecule has 2 heterocycles. The summed E-state index contributed by atoms with van der Waals surface area (Å²) in [7, 11) is -3.58. The molecule has 1 aromatic heterocycles. The van der Waals surface area contributed by atoms with Crippen molar-refractivity contribution in [3.8, 4) is 0 Å². The number of nitrogens with one attached hydrogen (secondary N) is 1. The van der Waals surface area contributed by atoms with E-state index in [4.69, 9.17) is 0 Å². The van der Waals surface area contributed by atoms with Crippen molar-refractivity contribution in [2.24, 2.45) is 0 Å². The molecule has 7 nitrogen and oxygen atoms in total. The molecule has 31 heavy (non-hydrogen) atoms. The standard InChI is InChI=1S/C22H24N4O3S2/c1-15-9-11-18(12-10-15)23-20(27)22-25-24-21(30-22)17-7-5-13-26(14-17)31(28,29)19-8-4-3-6-16(19)2/h3-4,6,8-12,17H,5,7,13-14H2,1-2H3,(H,23,27). The molecule has 0 radical (unpaired) electrons. The predicted molar refractivity (Wildman–Crippen MR) is 121 cm³/mol. The van der Waals surface area contributed by atoms with E-state index in [0.29, 0.717) is 28.7 Å². The smallest absolute Gasteiger partial charge is 0.286 e.